The Morgan fingerprint density at radius 2 is 1.95 bits per heavy atom. The number of nitrogens with one attached hydrogen (secondary N) is 1. The lowest BCUT2D eigenvalue weighted by molar-refractivity contribution is -0.384. The second kappa shape index (κ2) is 7.81. The molecule has 0 aliphatic carbocycles. The number of rotatable bonds is 9. The molecule has 0 saturated carbocycles. The van der Waals surface area contributed by atoms with Gasteiger partial charge in [0.25, 0.3) is 15.8 Å². The maximum atomic E-state index is 10.8. The smallest absolute Gasteiger partial charge is 0.292 e. The molecular formula is C12H18N2O5S. The van der Waals surface area contributed by atoms with Crippen LogP contribution >= 0.6 is 0 Å². The maximum absolute atomic E-state index is 10.8. The highest BCUT2D eigenvalue weighted by Gasteiger charge is 2.10. The van der Waals surface area contributed by atoms with E-state index in [1.807, 2.05) is 0 Å². The summed E-state index contributed by atoms with van der Waals surface area (Å²) < 4.78 is 26.0. The van der Waals surface area contributed by atoms with Crippen LogP contribution in [0.1, 0.15) is 19.3 Å². The number of nitrogens with zero attached hydrogens (tertiary/aromatic N) is 1. The highest BCUT2D eigenvalue weighted by molar-refractivity contribution is 7.85. The van der Waals surface area contributed by atoms with Gasteiger partial charge in [-0.3, -0.25) is 14.3 Å². The first-order chi connectivity index (χ1) is 9.40. The first-order valence-corrected chi connectivity index (χ1v) is 8.03. The average Bonchev–Trinajstić information content (AvgIpc) is 2.36. The lowest BCUT2D eigenvalue weighted by Gasteiger charge is -2.06. The number of anilines is 1. The number of hydrogen-bond acceptors (Lipinski definition) is 6. The van der Waals surface area contributed by atoms with Crippen LogP contribution in [0.2, 0.25) is 0 Å². The summed E-state index contributed by atoms with van der Waals surface area (Å²) in [4.78, 5) is 10.4. The Kier molecular flexibility index (Phi) is 6.40. The minimum absolute atomic E-state index is 0.0490. The molecule has 0 aliphatic heterocycles. The minimum atomic E-state index is -3.37. The Labute approximate surface area is 118 Å². The highest BCUT2D eigenvalue weighted by Crippen LogP contribution is 2.22. The Morgan fingerprint density at radius 1 is 1.25 bits per heavy atom. The standard InChI is InChI=1S/C12H18N2O5S/c1-20(17,18)19-10-6-2-5-9-13-11-7-3-4-8-12(11)14(15)16/h3-4,7-8,13H,2,5-6,9-10H2,1H3. The van der Waals surface area contributed by atoms with Gasteiger partial charge < -0.3 is 5.32 Å². The molecule has 7 nitrogen and oxygen atoms in total. The number of unbranched alkanes of at least 4 members (excludes halogenated alkanes) is 2. The van der Waals surface area contributed by atoms with Gasteiger partial charge in [-0.1, -0.05) is 12.1 Å². The molecule has 1 N–H and O–H groups in total. The summed E-state index contributed by atoms with van der Waals surface area (Å²) >= 11 is 0. The number of benzene rings is 1. The first-order valence-electron chi connectivity index (χ1n) is 6.22. The molecule has 0 spiro atoms. The second-order valence-corrected chi connectivity index (χ2v) is 5.93. The van der Waals surface area contributed by atoms with Gasteiger partial charge in [-0.2, -0.15) is 8.42 Å². The van der Waals surface area contributed by atoms with Crippen molar-refractivity contribution in [2.75, 3.05) is 24.7 Å². The van der Waals surface area contributed by atoms with Crippen LogP contribution in [0.5, 0.6) is 0 Å². The molecule has 0 fully saturated rings. The third-order valence-electron chi connectivity index (χ3n) is 2.53. The van der Waals surface area contributed by atoms with Crippen molar-refractivity contribution in [2.24, 2.45) is 0 Å². The maximum Gasteiger partial charge on any atom is 0.292 e. The molecule has 20 heavy (non-hydrogen) atoms. The third kappa shape index (κ3) is 6.48. The van der Waals surface area contributed by atoms with Crippen LogP contribution in [0.25, 0.3) is 0 Å². The lowest BCUT2D eigenvalue weighted by Crippen LogP contribution is -2.06. The van der Waals surface area contributed by atoms with E-state index in [0.29, 0.717) is 18.7 Å². The summed E-state index contributed by atoms with van der Waals surface area (Å²) in [7, 11) is -3.37. The topological polar surface area (TPSA) is 98.5 Å². The second-order valence-electron chi connectivity index (χ2n) is 4.29. The Bertz CT molecular complexity index is 545. The van der Waals surface area contributed by atoms with Crippen molar-refractivity contribution in [3.8, 4) is 0 Å². The monoisotopic (exact) mass is 302 g/mol. The molecule has 1 aromatic rings. The number of para-hydroxylation sites is 2. The van der Waals surface area contributed by atoms with Crippen LogP contribution in [0.15, 0.2) is 24.3 Å². The molecule has 1 aromatic carbocycles. The molecule has 0 atom stereocenters. The molecule has 0 heterocycles. The molecule has 0 radical (unpaired) electrons. The number of nitro benzene ring substituents is 1. The van der Waals surface area contributed by atoms with Gasteiger partial charge in [0.1, 0.15) is 5.69 Å². The summed E-state index contributed by atoms with van der Waals surface area (Å²) in [6.07, 6.45) is 3.21. The molecule has 112 valence electrons. The lowest BCUT2D eigenvalue weighted by atomic mass is 10.2. The number of hydrogen-bond donors (Lipinski definition) is 1. The van der Waals surface area contributed by atoms with Gasteiger partial charge >= 0.3 is 0 Å². The van der Waals surface area contributed by atoms with Gasteiger partial charge in [0.05, 0.1) is 17.8 Å². The fourth-order valence-electron chi connectivity index (χ4n) is 1.62. The van der Waals surface area contributed by atoms with Crippen molar-refractivity contribution >= 4 is 21.5 Å². The van der Waals surface area contributed by atoms with Crippen molar-refractivity contribution < 1.29 is 17.5 Å². The fourth-order valence-corrected chi connectivity index (χ4v) is 2.04. The Hall–Kier alpha value is -1.67. The summed E-state index contributed by atoms with van der Waals surface area (Å²) in [6, 6.07) is 6.45. The van der Waals surface area contributed by atoms with Crippen molar-refractivity contribution in [3.05, 3.63) is 34.4 Å². The zero-order valence-electron chi connectivity index (χ0n) is 11.2. The molecule has 8 heteroatoms. The van der Waals surface area contributed by atoms with Gasteiger partial charge in [0.2, 0.25) is 0 Å². The largest absolute Gasteiger partial charge is 0.379 e. The minimum Gasteiger partial charge on any atom is -0.379 e. The zero-order chi connectivity index (χ0) is 15.0. The van der Waals surface area contributed by atoms with Crippen LogP contribution in [0.4, 0.5) is 11.4 Å². The van der Waals surface area contributed by atoms with E-state index in [9.17, 15) is 18.5 Å². The van der Waals surface area contributed by atoms with Crippen molar-refractivity contribution in [1.29, 1.82) is 0 Å². The van der Waals surface area contributed by atoms with Crippen molar-refractivity contribution in [2.45, 2.75) is 19.3 Å². The van der Waals surface area contributed by atoms with Crippen LogP contribution in [0, 0.1) is 10.1 Å². The zero-order valence-corrected chi connectivity index (χ0v) is 12.1. The van der Waals surface area contributed by atoms with E-state index in [1.165, 1.54) is 6.07 Å². The molecule has 0 aliphatic rings. The Morgan fingerprint density at radius 3 is 2.60 bits per heavy atom. The molecule has 0 unspecified atom stereocenters. The molecule has 0 aromatic heterocycles. The predicted octanol–water partition coefficient (Wildman–Crippen LogP) is 2.15. The van der Waals surface area contributed by atoms with Crippen LogP contribution in [0.3, 0.4) is 0 Å². The SMILES string of the molecule is CS(=O)(=O)OCCCCCNc1ccccc1[N+](=O)[O-]. The highest BCUT2D eigenvalue weighted by atomic mass is 32.2. The van der Waals surface area contributed by atoms with Crippen molar-refractivity contribution in [3.63, 3.8) is 0 Å². The van der Waals surface area contributed by atoms with Crippen molar-refractivity contribution in [1.82, 2.24) is 0 Å². The van der Waals surface area contributed by atoms with Gasteiger partial charge in [0, 0.05) is 12.6 Å². The van der Waals surface area contributed by atoms with E-state index in [0.717, 1.165) is 19.1 Å². The number of nitro groups is 1. The first kappa shape index (κ1) is 16.4. The quantitative estimate of drug-likeness (QED) is 0.325. The van der Waals surface area contributed by atoms with Gasteiger partial charge in [-0.15, -0.1) is 0 Å². The summed E-state index contributed by atoms with van der Waals surface area (Å²) in [6.45, 7) is 0.758. The molecule has 0 amide bonds. The van der Waals surface area contributed by atoms with Crippen LogP contribution < -0.4 is 5.32 Å². The van der Waals surface area contributed by atoms with E-state index in [-0.39, 0.29) is 12.3 Å². The van der Waals surface area contributed by atoms with E-state index in [2.05, 4.69) is 9.50 Å². The van der Waals surface area contributed by atoms with Crippen LogP contribution in [-0.2, 0) is 14.3 Å². The van der Waals surface area contributed by atoms with Crippen LogP contribution in [-0.4, -0.2) is 32.7 Å². The van der Waals surface area contributed by atoms with E-state index >= 15 is 0 Å². The fraction of sp³-hybridized carbons (Fsp3) is 0.500. The van der Waals surface area contributed by atoms with E-state index < -0.39 is 15.0 Å². The van der Waals surface area contributed by atoms with Gasteiger partial charge in [-0.05, 0) is 25.3 Å². The third-order valence-corrected chi connectivity index (χ3v) is 3.13. The molecule has 0 saturated heterocycles. The summed E-state index contributed by atoms with van der Waals surface area (Å²) in [5, 5.41) is 13.8. The van der Waals surface area contributed by atoms with E-state index in [1.54, 1.807) is 18.2 Å². The molecule has 1 rings (SSSR count). The normalized spacial score (nSPS) is 11.2. The summed E-state index contributed by atoms with van der Waals surface area (Å²) in [5.74, 6) is 0. The molecule has 0 bridgehead atoms. The predicted molar refractivity (Wildman–Crippen MR) is 76.2 cm³/mol. The van der Waals surface area contributed by atoms with Gasteiger partial charge in [-0.25, -0.2) is 0 Å². The Balaban J connectivity index is 2.24. The summed E-state index contributed by atoms with van der Waals surface area (Å²) in [5.41, 5.74) is 0.540. The van der Waals surface area contributed by atoms with E-state index in [4.69, 9.17) is 0 Å². The molecular weight excluding hydrogens is 284 g/mol. The van der Waals surface area contributed by atoms with Gasteiger partial charge in [0.15, 0.2) is 0 Å². The average molecular weight is 302 g/mol.